The summed E-state index contributed by atoms with van der Waals surface area (Å²) in [5, 5.41) is 0. The van der Waals surface area contributed by atoms with Crippen molar-refractivity contribution < 1.29 is 14.3 Å². The van der Waals surface area contributed by atoms with Crippen molar-refractivity contribution in [1.29, 1.82) is 0 Å². The molecule has 0 spiro atoms. The number of carbonyl (C=O) groups is 2. The standard InChI is InChI=1S/C8H16N2O3S/c1-2-13-8(12)6(9)5-14-4-3-7(10)11/h6H,2-5,9H2,1H3,(H2,10,11). The average molecular weight is 220 g/mol. The normalized spacial score (nSPS) is 12.1. The van der Waals surface area contributed by atoms with Crippen LogP contribution in [0, 0.1) is 0 Å². The van der Waals surface area contributed by atoms with Gasteiger partial charge in [0, 0.05) is 17.9 Å². The van der Waals surface area contributed by atoms with Gasteiger partial charge in [-0.05, 0) is 6.92 Å². The fraction of sp³-hybridized carbons (Fsp3) is 0.750. The molecule has 6 heteroatoms. The Bertz CT molecular complexity index is 199. The Labute approximate surface area is 87.5 Å². The molecule has 0 saturated heterocycles. The molecule has 5 nitrogen and oxygen atoms in total. The minimum absolute atomic E-state index is 0.306. The number of nitrogens with two attached hydrogens (primary N) is 2. The molecule has 1 unspecified atom stereocenters. The average Bonchev–Trinajstić information content (AvgIpc) is 2.12. The van der Waals surface area contributed by atoms with E-state index in [4.69, 9.17) is 16.2 Å². The molecular weight excluding hydrogens is 204 g/mol. The number of esters is 1. The van der Waals surface area contributed by atoms with Crippen molar-refractivity contribution in [2.75, 3.05) is 18.1 Å². The van der Waals surface area contributed by atoms with Crippen LogP contribution in [0.1, 0.15) is 13.3 Å². The second-order valence-electron chi connectivity index (χ2n) is 2.65. The molecule has 0 fully saturated rings. The maximum absolute atomic E-state index is 11.0. The summed E-state index contributed by atoms with van der Waals surface area (Å²) in [6.07, 6.45) is 0.306. The van der Waals surface area contributed by atoms with Crippen LogP contribution in [-0.4, -0.2) is 36.0 Å². The molecule has 0 saturated carbocycles. The molecule has 14 heavy (non-hydrogen) atoms. The lowest BCUT2D eigenvalue weighted by Crippen LogP contribution is -2.34. The number of primary amides is 1. The van der Waals surface area contributed by atoms with Crippen LogP contribution in [0.3, 0.4) is 0 Å². The minimum atomic E-state index is -0.618. The largest absolute Gasteiger partial charge is 0.465 e. The Hall–Kier alpha value is -0.750. The number of rotatable bonds is 7. The van der Waals surface area contributed by atoms with Crippen molar-refractivity contribution in [2.45, 2.75) is 19.4 Å². The van der Waals surface area contributed by atoms with Crippen LogP contribution in [-0.2, 0) is 14.3 Å². The van der Waals surface area contributed by atoms with Gasteiger partial charge in [0.25, 0.3) is 0 Å². The highest BCUT2D eigenvalue weighted by Crippen LogP contribution is 2.04. The van der Waals surface area contributed by atoms with Crippen molar-refractivity contribution in [3.63, 3.8) is 0 Å². The first-order valence-electron chi connectivity index (χ1n) is 4.36. The van der Waals surface area contributed by atoms with Crippen LogP contribution >= 0.6 is 11.8 Å². The SMILES string of the molecule is CCOC(=O)C(N)CSCCC(N)=O. The third-order valence-electron chi connectivity index (χ3n) is 1.38. The van der Waals surface area contributed by atoms with Crippen LogP contribution in [0.15, 0.2) is 0 Å². The van der Waals surface area contributed by atoms with E-state index in [1.807, 2.05) is 0 Å². The molecule has 82 valence electrons. The number of ether oxygens (including phenoxy) is 1. The lowest BCUT2D eigenvalue weighted by atomic mass is 10.4. The third kappa shape index (κ3) is 6.73. The van der Waals surface area contributed by atoms with E-state index in [9.17, 15) is 9.59 Å². The lowest BCUT2D eigenvalue weighted by Gasteiger charge is -2.09. The van der Waals surface area contributed by atoms with E-state index in [2.05, 4.69) is 0 Å². The van der Waals surface area contributed by atoms with Crippen LogP contribution in [0.2, 0.25) is 0 Å². The maximum Gasteiger partial charge on any atom is 0.323 e. The molecule has 0 aliphatic rings. The summed E-state index contributed by atoms with van der Waals surface area (Å²) < 4.78 is 4.71. The Morgan fingerprint density at radius 2 is 2.14 bits per heavy atom. The number of thioether (sulfide) groups is 1. The van der Waals surface area contributed by atoms with E-state index in [0.29, 0.717) is 24.5 Å². The molecule has 0 aliphatic carbocycles. The molecule has 0 aromatic heterocycles. The Morgan fingerprint density at radius 3 is 2.64 bits per heavy atom. The van der Waals surface area contributed by atoms with E-state index in [-0.39, 0.29) is 5.91 Å². The van der Waals surface area contributed by atoms with E-state index < -0.39 is 12.0 Å². The highest BCUT2D eigenvalue weighted by atomic mass is 32.2. The summed E-state index contributed by atoms with van der Waals surface area (Å²) >= 11 is 1.42. The lowest BCUT2D eigenvalue weighted by molar-refractivity contribution is -0.144. The first kappa shape index (κ1) is 13.2. The zero-order chi connectivity index (χ0) is 11.0. The number of carbonyl (C=O) groups excluding carboxylic acids is 2. The highest BCUT2D eigenvalue weighted by molar-refractivity contribution is 7.99. The van der Waals surface area contributed by atoms with Gasteiger partial charge in [0.2, 0.25) is 5.91 Å². The molecule has 0 heterocycles. The second-order valence-corrected chi connectivity index (χ2v) is 3.80. The van der Waals surface area contributed by atoms with Crippen molar-refractivity contribution in [3.05, 3.63) is 0 Å². The van der Waals surface area contributed by atoms with E-state index in [0.717, 1.165) is 0 Å². The summed E-state index contributed by atoms with van der Waals surface area (Å²) in [7, 11) is 0. The summed E-state index contributed by atoms with van der Waals surface area (Å²) in [5.74, 6) is 0.287. The summed E-state index contributed by atoms with van der Waals surface area (Å²) in [6.45, 7) is 2.06. The van der Waals surface area contributed by atoms with Gasteiger partial charge in [-0.2, -0.15) is 11.8 Å². The van der Waals surface area contributed by atoms with Crippen LogP contribution in [0.5, 0.6) is 0 Å². The van der Waals surface area contributed by atoms with Crippen molar-refractivity contribution >= 4 is 23.6 Å². The fourth-order valence-corrected chi connectivity index (χ4v) is 1.60. The molecule has 0 aromatic rings. The van der Waals surface area contributed by atoms with Crippen LogP contribution in [0.4, 0.5) is 0 Å². The van der Waals surface area contributed by atoms with Gasteiger partial charge in [-0.15, -0.1) is 0 Å². The van der Waals surface area contributed by atoms with Gasteiger partial charge in [0.05, 0.1) is 6.61 Å². The maximum atomic E-state index is 11.0. The van der Waals surface area contributed by atoms with E-state index in [1.54, 1.807) is 6.92 Å². The van der Waals surface area contributed by atoms with Gasteiger partial charge >= 0.3 is 5.97 Å². The monoisotopic (exact) mass is 220 g/mol. The van der Waals surface area contributed by atoms with Gasteiger partial charge < -0.3 is 16.2 Å². The van der Waals surface area contributed by atoms with Crippen molar-refractivity contribution in [3.8, 4) is 0 Å². The quantitative estimate of drug-likeness (QED) is 0.445. The summed E-state index contributed by atoms with van der Waals surface area (Å²) in [4.78, 5) is 21.4. The predicted molar refractivity (Wildman–Crippen MR) is 55.7 cm³/mol. The van der Waals surface area contributed by atoms with Crippen molar-refractivity contribution in [2.24, 2.45) is 11.5 Å². The topological polar surface area (TPSA) is 95.4 Å². The first-order valence-corrected chi connectivity index (χ1v) is 5.51. The molecule has 0 bridgehead atoms. The van der Waals surface area contributed by atoms with Gasteiger partial charge in [-0.25, -0.2) is 0 Å². The number of hydrogen-bond acceptors (Lipinski definition) is 5. The Morgan fingerprint density at radius 1 is 1.50 bits per heavy atom. The highest BCUT2D eigenvalue weighted by Gasteiger charge is 2.13. The number of amides is 1. The Kier molecular flexibility index (Phi) is 7.23. The molecule has 1 amide bonds. The van der Waals surface area contributed by atoms with Gasteiger partial charge in [0.1, 0.15) is 6.04 Å². The first-order chi connectivity index (χ1) is 6.57. The molecular formula is C8H16N2O3S. The van der Waals surface area contributed by atoms with Gasteiger partial charge in [-0.1, -0.05) is 0 Å². The zero-order valence-corrected chi connectivity index (χ0v) is 9.01. The summed E-state index contributed by atoms with van der Waals surface area (Å²) in [5.41, 5.74) is 10.5. The number of hydrogen-bond donors (Lipinski definition) is 2. The molecule has 1 atom stereocenters. The fourth-order valence-electron chi connectivity index (χ4n) is 0.700. The van der Waals surface area contributed by atoms with Crippen LogP contribution in [0.25, 0.3) is 0 Å². The molecule has 4 N–H and O–H groups in total. The van der Waals surface area contributed by atoms with E-state index in [1.165, 1.54) is 11.8 Å². The molecule has 0 aromatic carbocycles. The molecule has 0 aliphatic heterocycles. The smallest absolute Gasteiger partial charge is 0.323 e. The Balaban J connectivity index is 3.48. The van der Waals surface area contributed by atoms with Crippen molar-refractivity contribution in [1.82, 2.24) is 0 Å². The van der Waals surface area contributed by atoms with Gasteiger partial charge in [0.15, 0.2) is 0 Å². The zero-order valence-electron chi connectivity index (χ0n) is 8.19. The van der Waals surface area contributed by atoms with Gasteiger partial charge in [-0.3, -0.25) is 9.59 Å². The third-order valence-corrected chi connectivity index (χ3v) is 2.47. The predicted octanol–water partition coefficient (Wildman–Crippen LogP) is -0.515. The molecule has 0 radical (unpaired) electrons. The summed E-state index contributed by atoms with van der Waals surface area (Å²) in [6, 6.07) is -0.618. The second kappa shape index (κ2) is 7.64. The van der Waals surface area contributed by atoms with E-state index >= 15 is 0 Å². The minimum Gasteiger partial charge on any atom is -0.465 e. The molecule has 0 rings (SSSR count). The van der Waals surface area contributed by atoms with Crippen LogP contribution < -0.4 is 11.5 Å².